The molecule has 4 heterocycles. The second kappa shape index (κ2) is 13.1. The van der Waals surface area contributed by atoms with E-state index in [0.717, 1.165) is 62.7 Å². The smallest absolute Gasteiger partial charge is 0.256 e. The van der Waals surface area contributed by atoms with Crippen LogP contribution in [0.15, 0.2) is 36.8 Å². The Labute approximate surface area is 273 Å². The summed E-state index contributed by atoms with van der Waals surface area (Å²) in [6.45, 7) is 18.3. The van der Waals surface area contributed by atoms with Crippen LogP contribution < -0.4 is 0 Å². The maximum atomic E-state index is 14.5. The van der Waals surface area contributed by atoms with Crippen molar-refractivity contribution in [1.82, 2.24) is 29.2 Å². The Bertz CT molecular complexity index is 1580. The van der Waals surface area contributed by atoms with Crippen molar-refractivity contribution in [2.45, 2.75) is 78.9 Å². The van der Waals surface area contributed by atoms with Crippen molar-refractivity contribution < 1.29 is 14.0 Å². The van der Waals surface area contributed by atoms with Crippen LogP contribution >= 0.6 is 0 Å². The molecule has 2 aliphatic heterocycles. The largest absolute Gasteiger partial charge is 0.340 e. The van der Waals surface area contributed by atoms with Crippen LogP contribution in [0.3, 0.4) is 0 Å². The predicted octanol–water partition coefficient (Wildman–Crippen LogP) is 5.40. The zero-order valence-corrected chi connectivity index (χ0v) is 28.7. The van der Waals surface area contributed by atoms with Gasteiger partial charge in [0.05, 0.1) is 23.0 Å². The number of hydrogen-bond acceptors (Lipinski definition) is 5. The zero-order chi connectivity index (χ0) is 32.9. The molecular formula is C37H51FN6O2. The molecule has 6 rings (SSSR count). The molecule has 8 nitrogen and oxygen atoms in total. The first kappa shape index (κ1) is 32.6. The van der Waals surface area contributed by atoms with E-state index in [4.69, 9.17) is 0 Å². The van der Waals surface area contributed by atoms with Crippen molar-refractivity contribution in [2.75, 3.05) is 46.3 Å². The average Bonchev–Trinajstić information content (AvgIpc) is 3.35. The van der Waals surface area contributed by atoms with Crippen LogP contribution in [0.5, 0.6) is 0 Å². The lowest BCUT2D eigenvalue weighted by Crippen LogP contribution is -2.62. The van der Waals surface area contributed by atoms with Crippen molar-refractivity contribution >= 4 is 22.7 Å². The summed E-state index contributed by atoms with van der Waals surface area (Å²) in [5.41, 5.74) is 4.36. The van der Waals surface area contributed by atoms with Crippen molar-refractivity contribution in [2.24, 2.45) is 17.8 Å². The first-order chi connectivity index (χ1) is 21.9. The number of likely N-dealkylation sites (tertiary alicyclic amines) is 1. The van der Waals surface area contributed by atoms with Gasteiger partial charge in [0.1, 0.15) is 5.82 Å². The van der Waals surface area contributed by atoms with Gasteiger partial charge in [0.15, 0.2) is 0 Å². The number of rotatable bonds is 9. The quantitative estimate of drug-likeness (QED) is 0.317. The van der Waals surface area contributed by atoms with E-state index in [-0.39, 0.29) is 17.9 Å². The van der Waals surface area contributed by atoms with E-state index >= 15 is 0 Å². The minimum atomic E-state index is -0.419. The number of aryl methyl sites for hydroxylation is 1. The second-order valence-corrected chi connectivity index (χ2v) is 14.7. The number of piperazine rings is 1. The topological polar surface area (TPSA) is 64.9 Å². The average molecular weight is 631 g/mol. The van der Waals surface area contributed by atoms with Gasteiger partial charge in [-0.3, -0.25) is 24.4 Å². The van der Waals surface area contributed by atoms with Crippen molar-refractivity contribution in [3.8, 4) is 5.69 Å². The fourth-order valence-corrected chi connectivity index (χ4v) is 8.28. The number of pyridine rings is 1. The van der Waals surface area contributed by atoms with Crippen molar-refractivity contribution in [1.29, 1.82) is 0 Å². The standard InChI is InChI=1S/C37H51FN6O2/c1-23(2)36(28-15-31(16-28)42-12-10-41(11-13-42)26(6)45)43-20-27(21-43)14-29-22-44(34-19-39-18-25(5)35(29)34)33-9-8-30(38)17-32(33)37(46)40(7)24(3)4/h8-9,17-19,22-24,27-28,31,36H,10-16,20-21H2,1-7H3/t28?,31?,36-/m0/s1. The van der Waals surface area contributed by atoms with Crippen LogP contribution in [-0.4, -0.2) is 105 Å². The number of aromatic nitrogens is 2. The number of carbonyl (C=O) groups is 2. The van der Waals surface area contributed by atoms with E-state index < -0.39 is 5.82 Å². The molecule has 1 aromatic carbocycles. The lowest BCUT2D eigenvalue weighted by atomic mass is 9.69. The normalized spacial score (nSPS) is 21.9. The van der Waals surface area contributed by atoms with Gasteiger partial charge in [0, 0.05) is 89.1 Å². The first-order valence-corrected chi connectivity index (χ1v) is 17.2. The Morgan fingerprint density at radius 2 is 1.74 bits per heavy atom. The van der Waals surface area contributed by atoms with Crippen molar-refractivity contribution in [3.05, 3.63) is 59.3 Å². The van der Waals surface area contributed by atoms with E-state index in [2.05, 4.69) is 41.8 Å². The third kappa shape index (κ3) is 6.20. The second-order valence-electron chi connectivity index (χ2n) is 14.7. The summed E-state index contributed by atoms with van der Waals surface area (Å²) < 4.78 is 16.5. The predicted molar refractivity (Wildman–Crippen MR) is 181 cm³/mol. The number of amides is 2. The van der Waals surface area contributed by atoms with Gasteiger partial charge in [0.25, 0.3) is 5.91 Å². The minimum Gasteiger partial charge on any atom is -0.340 e. The van der Waals surface area contributed by atoms with Crippen LogP contribution in [-0.2, 0) is 11.2 Å². The van der Waals surface area contributed by atoms with Gasteiger partial charge in [-0.2, -0.15) is 0 Å². The van der Waals surface area contributed by atoms with Crippen LogP contribution in [0.25, 0.3) is 16.6 Å². The molecule has 1 saturated carbocycles. The SMILES string of the molecule is CC(=O)N1CCN(C2CC([C@H](C(C)C)N3CC(Cc4cn(-c5ccc(F)cc5C(=O)N(C)C(C)C)c5cncc(C)c45)C3)C2)CC1. The molecule has 0 radical (unpaired) electrons. The Morgan fingerprint density at radius 3 is 2.37 bits per heavy atom. The van der Waals surface area contributed by atoms with Gasteiger partial charge in [-0.1, -0.05) is 13.8 Å². The van der Waals surface area contributed by atoms with Gasteiger partial charge in [-0.25, -0.2) is 4.39 Å². The molecule has 1 atom stereocenters. The lowest BCUT2D eigenvalue weighted by molar-refractivity contribution is -0.131. The molecule has 2 aromatic heterocycles. The third-order valence-corrected chi connectivity index (χ3v) is 11.0. The molecule has 248 valence electrons. The highest BCUT2D eigenvalue weighted by atomic mass is 19.1. The molecule has 0 bridgehead atoms. The fraction of sp³-hybridized carbons (Fsp3) is 0.595. The van der Waals surface area contributed by atoms with E-state index in [9.17, 15) is 14.0 Å². The van der Waals surface area contributed by atoms with Crippen molar-refractivity contribution in [3.63, 3.8) is 0 Å². The van der Waals surface area contributed by atoms with Gasteiger partial charge >= 0.3 is 0 Å². The number of halogens is 1. The van der Waals surface area contributed by atoms with E-state index in [1.807, 2.05) is 35.7 Å². The molecule has 3 aromatic rings. The van der Waals surface area contributed by atoms with E-state index in [1.165, 1.54) is 35.9 Å². The molecule has 0 N–H and O–H groups in total. The van der Waals surface area contributed by atoms with E-state index in [0.29, 0.717) is 35.2 Å². The molecule has 0 unspecified atom stereocenters. The molecule has 2 amide bonds. The molecule has 3 fully saturated rings. The Hall–Kier alpha value is -3.30. The van der Waals surface area contributed by atoms with Gasteiger partial charge in [-0.15, -0.1) is 0 Å². The fourth-order valence-electron chi connectivity index (χ4n) is 8.28. The number of carbonyl (C=O) groups excluding carboxylic acids is 2. The molecule has 9 heteroatoms. The summed E-state index contributed by atoms with van der Waals surface area (Å²) in [6.07, 6.45) is 9.41. The summed E-state index contributed by atoms with van der Waals surface area (Å²) in [4.78, 5) is 38.7. The highest BCUT2D eigenvalue weighted by Gasteiger charge is 2.45. The minimum absolute atomic E-state index is 0.00462. The number of fused-ring (bicyclic) bond motifs is 1. The van der Waals surface area contributed by atoms with Gasteiger partial charge < -0.3 is 14.4 Å². The van der Waals surface area contributed by atoms with Gasteiger partial charge in [0.2, 0.25) is 5.91 Å². The highest BCUT2D eigenvalue weighted by molar-refractivity contribution is 5.99. The first-order valence-electron chi connectivity index (χ1n) is 17.2. The van der Waals surface area contributed by atoms with Crippen LogP contribution in [0, 0.1) is 30.5 Å². The Kier molecular flexibility index (Phi) is 9.27. The molecule has 46 heavy (non-hydrogen) atoms. The third-order valence-electron chi connectivity index (χ3n) is 11.0. The summed E-state index contributed by atoms with van der Waals surface area (Å²) in [7, 11) is 1.76. The monoisotopic (exact) mass is 630 g/mol. The van der Waals surface area contributed by atoms with Crippen LogP contribution in [0.2, 0.25) is 0 Å². The Balaban J connectivity index is 1.16. The summed E-state index contributed by atoms with van der Waals surface area (Å²) >= 11 is 0. The summed E-state index contributed by atoms with van der Waals surface area (Å²) in [5.74, 6) is 1.47. The maximum Gasteiger partial charge on any atom is 0.256 e. The summed E-state index contributed by atoms with van der Waals surface area (Å²) in [6, 6.07) is 5.76. The maximum absolute atomic E-state index is 14.5. The zero-order valence-electron chi connectivity index (χ0n) is 28.7. The van der Waals surface area contributed by atoms with E-state index in [1.54, 1.807) is 24.9 Å². The lowest BCUT2D eigenvalue weighted by Gasteiger charge is -2.55. The number of benzene rings is 1. The molecule has 2 saturated heterocycles. The van der Waals surface area contributed by atoms with Gasteiger partial charge in [-0.05, 0) is 87.1 Å². The molecular weight excluding hydrogens is 579 g/mol. The van der Waals surface area contributed by atoms with Crippen LogP contribution in [0.1, 0.15) is 68.9 Å². The molecule has 1 aliphatic carbocycles. The number of nitrogens with zero attached hydrogens (tertiary/aromatic N) is 6. The summed E-state index contributed by atoms with van der Waals surface area (Å²) in [5, 5.41) is 1.18. The molecule has 3 aliphatic rings. The number of hydrogen-bond donors (Lipinski definition) is 0. The Morgan fingerprint density at radius 1 is 1.04 bits per heavy atom. The molecule has 0 spiro atoms. The van der Waals surface area contributed by atoms with Crippen LogP contribution in [0.4, 0.5) is 4.39 Å². The highest BCUT2D eigenvalue weighted by Crippen LogP contribution is 2.42.